The molecule has 2 aromatic carbocycles. The predicted molar refractivity (Wildman–Crippen MR) is 118 cm³/mol. The lowest BCUT2D eigenvalue weighted by atomic mass is 9.88. The zero-order valence-corrected chi connectivity index (χ0v) is 17.6. The first kappa shape index (κ1) is 20.9. The van der Waals surface area contributed by atoms with Gasteiger partial charge in [-0.2, -0.15) is 0 Å². The molecule has 158 valence electrons. The molecule has 0 bridgehead atoms. The number of hydrogen-bond acceptors (Lipinski definition) is 5. The lowest BCUT2D eigenvalue weighted by Gasteiger charge is -2.24. The number of carbonyl (C=O) groups is 3. The van der Waals surface area contributed by atoms with Crippen LogP contribution in [0.3, 0.4) is 0 Å². The molecule has 0 saturated heterocycles. The number of nitrogens with one attached hydrogen (secondary N) is 1. The van der Waals surface area contributed by atoms with E-state index in [1.807, 2.05) is 0 Å². The molecular formula is C22H17ClN2O5S. The number of primary amides is 1. The van der Waals surface area contributed by atoms with Crippen LogP contribution in [-0.4, -0.2) is 29.5 Å². The van der Waals surface area contributed by atoms with Gasteiger partial charge in [0.15, 0.2) is 6.61 Å². The lowest BCUT2D eigenvalue weighted by molar-refractivity contribution is -0.120. The molecule has 1 aromatic heterocycles. The molecule has 3 aromatic rings. The van der Waals surface area contributed by atoms with Gasteiger partial charge in [0.25, 0.3) is 5.91 Å². The molecule has 4 N–H and O–H groups in total. The standard InChI is InChI=1S/C22H17ClN2O5S/c23-13-5-1-12(2-6-13)18-19-20(31-21(18)22(28)29)15(9-17(27)25-19)11-3-7-14(8-4-11)30-10-16(24)26/h1-8,15H,9-10H2,(H2,24,26)(H,25,27)(H,28,29). The van der Waals surface area contributed by atoms with Crippen LogP contribution in [0, 0.1) is 0 Å². The summed E-state index contributed by atoms with van der Waals surface area (Å²) in [5, 5.41) is 13.2. The number of carbonyl (C=O) groups excluding carboxylic acids is 2. The first-order chi connectivity index (χ1) is 14.8. The second kappa shape index (κ2) is 8.41. The van der Waals surface area contributed by atoms with Gasteiger partial charge in [0.1, 0.15) is 10.6 Å². The predicted octanol–water partition coefficient (Wildman–Crippen LogP) is 4.10. The van der Waals surface area contributed by atoms with Crippen molar-refractivity contribution in [1.29, 1.82) is 0 Å². The molecule has 7 nitrogen and oxygen atoms in total. The molecule has 4 rings (SSSR count). The topological polar surface area (TPSA) is 119 Å². The van der Waals surface area contributed by atoms with Crippen molar-refractivity contribution in [2.75, 3.05) is 11.9 Å². The number of amides is 2. The van der Waals surface area contributed by atoms with Crippen molar-refractivity contribution in [2.45, 2.75) is 12.3 Å². The zero-order valence-electron chi connectivity index (χ0n) is 16.1. The van der Waals surface area contributed by atoms with Gasteiger partial charge < -0.3 is 20.9 Å². The van der Waals surface area contributed by atoms with E-state index in [2.05, 4.69) is 5.32 Å². The molecule has 2 amide bonds. The number of carboxylic acids is 1. The van der Waals surface area contributed by atoms with E-state index in [0.29, 0.717) is 27.6 Å². The molecule has 1 aliphatic heterocycles. The van der Waals surface area contributed by atoms with Crippen LogP contribution in [-0.2, 0) is 9.59 Å². The molecule has 31 heavy (non-hydrogen) atoms. The minimum Gasteiger partial charge on any atom is -0.484 e. The van der Waals surface area contributed by atoms with Crippen LogP contribution in [0.15, 0.2) is 48.5 Å². The number of anilines is 1. The Morgan fingerprint density at radius 2 is 1.84 bits per heavy atom. The maximum atomic E-state index is 12.5. The van der Waals surface area contributed by atoms with E-state index in [9.17, 15) is 19.5 Å². The van der Waals surface area contributed by atoms with Crippen LogP contribution in [0.4, 0.5) is 5.69 Å². The van der Waals surface area contributed by atoms with Crippen LogP contribution in [0.2, 0.25) is 5.02 Å². The maximum Gasteiger partial charge on any atom is 0.346 e. The molecule has 0 aliphatic carbocycles. The van der Waals surface area contributed by atoms with Crippen molar-refractivity contribution < 1.29 is 24.2 Å². The second-order valence-corrected chi connectivity index (χ2v) is 8.48. The SMILES string of the molecule is NC(=O)COc1ccc(C2CC(=O)Nc3c2sc(C(=O)O)c3-c2ccc(Cl)cc2)cc1. The molecule has 9 heteroatoms. The number of thiophene rings is 1. The quantitative estimate of drug-likeness (QED) is 0.515. The minimum atomic E-state index is -1.06. The Hall–Kier alpha value is -3.36. The van der Waals surface area contributed by atoms with Gasteiger partial charge in [0.2, 0.25) is 5.91 Å². The zero-order chi connectivity index (χ0) is 22.1. The summed E-state index contributed by atoms with van der Waals surface area (Å²) in [5.74, 6) is -1.67. The van der Waals surface area contributed by atoms with E-state index in [4.69, 9.17) is 22.1 Å². The summed E-state index contributed by atoms with van der Waals surface area (Å²) in [7, 11) is 0. The average Bonchev–Trinajstić information content (AvgIpc) is 3.12. The number of nitrogens with two attached hydrogens (primary N) is 1. The van der Waals surface area contributed by atoms with Crippen molar-refractivity contribution in [3.63, 3.8) is 0 Å². The molecule has 1 unspecified atom stereocenters. The number of fused-ring (bicyclic) bond motifs is 1. The fraction of sp³-hybridized carbons (Fsp3) is 0.136. The summed E-state index contributed by atoms with van der Waals surface area (Å²) in [6.45, 7) is -0.229. The van der Waals surface area contributed by atoms with Crippen LogP contribution in [0.1, 0.15) is 32.5 Å². The van der Waals surface area contributed by atoms with Crippen LogP contribution >= 0.6 is 22.9 Å². The molecule has 2 heterocycles. The first-order valence-corrected chi connectivity index (χ1v) is 10.5. The third-order valence-electron chi connectivity index (χ3n) is 4.90. The van der Waals surface area contributed by atoms with Gasteiger partial charge in [-0.15, -0.1) is 11.3 Å². The first-order valence-electron chi connectivity index (χ1n) is 9.30. The highest BCUT2D eigenvalue weighted by Crippen LogP contribution is 2.49. The number of benzene rings is 2. The number of halogens is 1. The summed E-state index contributed by atoms with van der Waals surface area (Å²) in [5.41, 5.74) is 7.58. The summed E-state index contributed by atoms with van der Waals surface area (Å²) in [6.07, 6.45) is 0.189. The molecule has 0 spiro atoms. The van der Waals surface area contributed by atoms with Gasteiger partial charge in [-0.25, -0.2) is 4.79 Å². The molecule has 0 saturated carbocycles. The Labute approximate surface area is 186 Å². The summed E-state index contributed by atoms with van der Waals surface area (Å²) >= 11 is 7.13. The van der Waals surface area contributed by atoms with Crippen LogP contribution in [0.5, 0.6) is 5.75 Å². The Morgan fingerprint density at radius 3 is 2.45 bits per heavy atom. The summed E-state index contributed by atoms with van der Waals surface area (Å²) in [6, 6.07) is 13.8. The van der Waals surface area contributed by atoms with Crippen LogP contribution in [0.25, 0.3) is 11.1 Å². The number of ether oxygens (including phenoxy) is 1. The summed E-state index contributed by atoms with van der Waals surface area (Å²) < 4.78 is 5.28. The minimum absolute atomic E-state index is 0.154. The van der Waals surface area contributed by atoms with Gasteiger partial charge >= 0.3 is 5.97 Å². The van der Waals surface area contributed by atoms with Gasteiger partial charge in [0.05, 0.1) is 5.69 Å². The van der Waals surface area contributed by atoms with E-state index in [0.717, 1.165) is 21.8 Å². The molecule has 0 radical (unpaired) electrons. The smallest absolute Gasteiger partial charge is 0.346 e. The summed E-state index contributed by atoms with van der Waals surface area (Å²) in [4.78, 5) is 36.3. The van der Waals surface area contributed by atoms with Gasteiger partial charge in [-0.3, -0.25) is 9.59 Å². The monoisotopic (exact) mass is 456 g/mol. The highest BCUT2D eigenvalue weighted by Gasteiger charge is 2.34. The molecule has 0 fully saturated rings. The van der Waals surface area contributed by atoms with Crippen molar-refractivity contribution in [3.8, 4) is 16.9 Å². The van der Waals surface area contributed by atoms with Crippen molar-refractivity contribution >= 4 is 46.4 Å². The Balaban J connectivity index is 1.77. The number of rotatable bonds is 6. The number of carboxylic acid groups (broad SMARTS) is 1. The molecular weight excluding hydrogens is 440 g/mol. The number of hydrogen-bond donors (Lipinski definition) is 3. The van der Waals surface area contributed by atoms with E-state index < -0.39 is 11.9 Å². The normalized spacial score (nSPS) is 15.1. The maximum absolute atomic E-state index is 12.5. The number of aromatic carboxylic acids is 1. The second-order valence-electron chi connectivity index (χ2n) is 6.99. The van der Waals surface area contributed by atoms with Gasteiger partial charge in [-0.1, -0.05) is 35.9 Å². The van der Waals surface area contributed by atoms with E-state index in [1.54, 1.807) is 48.5 Å². The van der Waals surface area contributed by atoms with Crippen molar-refractivity contribution in [1.82, 2.24) is 0 Å². The fourth-order valence-electron chi connectivity index (χ4n) is 3.55. The third kappa shape index (κ3) is 4.26. The highest BCUT2D eigenvalue weighted by molar-refractivity contribution is 7.15. The largest absolute Gasteiger partial charge is 0.484 e. The third-order valence-corrected chi connectivity index (χ3v) is 6.44. The molecule has 1 atom stereocenters. The van der Waals surface area contributed by atoms with Crippen molar-refractivity contribution in [2.24, 2.45) is 5.73 Å². The molecule has 1 aliphatic rings. The van der Waals surface area contributed by atoms with Crippen molar-refractivity contribution in [3.05, 3.63) is 68.9 Å². The Morgan fingerprint density at radius 1 is 1.16 bits per heavy atom. The Bertz CT molecular complexity index is 1170. The van der Waals surface area contributed by atoms with E-state index in [1.165, 1.54) is 0 Å². The van der Waals surface area contributed by atoms with Crippen LogP contribution < -0.4 is 15.8 Å². The highest BCUT2D eigenvalue weighted by atomic mass is 35.5. The average molecular weight is 457 g/mol. The van der Waals surface area contributed by atoms with E-state index >= 15 is 0 Å². The van der Waals surface area contributed by atoms with Gasteiger partial charge in [0, 0.05) is 27.8 Å². The lowest BCUT2D eigenvalue weighted by Crippen LogP contribution is -2.22. The Kier molecular flexibility index (Phi) is 5.67. The van der Waals surface area contributed by atoms with Gasteiger partial charge in [-0.05, 0) is 35.4 Å². The van der Waals surface area contributed by atoms with E-state index in [-0.39, 0.29) is 29.7 Å². The fourth-order valence-corrected chi connectivity index (χ4v) is 4.92.